The molecule has 3 heteroatoms. The molecule has 17 heavy (non-hydrogen) atoms. The van der Waals surface area contributed by atoms with Gasteiger partial charge >= 0.3 is 11.9 Å². The molecule has 1 fully saturated rings. The quantitative estimate of drug-likeness (QED) is 0.419. The Labute approximate surface area is 102 Å². The van der Waals surface area contributed by atoms with E-state index in [9.17, 15) is 9.59 Å². The summed E-state index contributed by atoms with van der Waals surface area (Å²) in [5.74, 6) is -1.06. The number of carbonyl (C=O) groups is 2. The normalized spacial score (nSPS) is 31.7. The van der Waals surface area contributed by atoms with Crippen LogP contribution in [0.2, 0.25) is 0 Å². The van der Waals surface area contributed by atoms with E-state index in [0.717, 1.165) is 6.42 Å². The average Bonchev–Trinajstić information content (AvgIpc) is 2.53. The first-order valence-electron chi connectivity index (χ1n) is 6.06. The van der Waals surface area contributed by atoms with Crippen molar-refractivity contribution in [1.82, 2.24) is 0 Å². The van der Waals surface area contributed by atoms with Crippen LogP contribution in [0.1, 0.15) is 33.6 Å². The number of allylic oxidation sites excluding steroid dienone is 4. The molecule has 3 nitrogen and oxygen atoms in total. The summed E-state index contributed by atoms with van der Waals surface area (Å²) in [4.78, 5) is 23.3. The van der Waals surface area contributed by atoms with Crippen LogP contribution in [0.15, 0.2) is 23.3 Å². The van der Waals surface area contributed by atoms with Crippen molar-refractivity contribution in [2.45, 2.75) is 33.6 Å². The number of esters is 2. The lowest BCUT2D eigenvalue weighted by molar-refractivity contribution is -0.154. The molecule has 1 heterocycles. The number of rotatable bonds is 2. The van der Waals surface area contributed by atoms with Crippen LogP contribution in [0.4, 0.5) is 0 Å². The Morgan fingerprint density at radius 1 is 1.41 bits per heavy atom. The molecule has 1 aliphatic heterocycles. The van der Waals surface area contributed by atoms with Gasteiger partial charge in [0.05, 0.1) is 11.8 Å². The molecule has 0 bridgehead atoms. The van der Waals surface area contributed by atoms with Crippen LogP contribution in [0.3, 0.4) is 0 Å². The fraction of sp³-hybridized carbons (Fsp3) is 0.571. The zero-order valence-electron chi connectivity index (χ0n) is 10.5. The molecule has 1 saturated heterocycles. The smallest absolute Gasteiger partial charge is 0.318 e. The average molecular weight is 234 g/mol. The third kappa shape index (κ3) is 2.19. The Balaban J connectivity index is 2.25. The van der Waals surface area contributed by atoms with Crippen LogP contribution in [-0.4, -0.2) is 11.9 Å². The predicted molar refractivity (Wildman–Crippen MR) is 64.0 cm³/mol. The molecule has 92 valence electrons. The minimum atomic E-state index is -0.342. The predicted octanol–water partition coefficient (Wildman–Crippen LogP) is 2.62. The van der Waals surface area contributed by atoms with Gasteiger partial charge in [-0.05, 0) is 39.5 Å². The van der Waals surface area contributed by atoms with E-state index in [2.05, 4.69) is 12.2 Å². The largest absolute Gasteiger partial charge is 0.393 e. The highest BCUT2D eigenvalue weighted by molar-refractivity contribution is 5.97. The molecule has 2 rings (SSSR count). The van der Waals surface area contributed by atoms with Gasteiger partial charge in [-0.3, -0.25) is 9.59 Å². The number of ether oxygens (including phenoxy) is 1. The fourth-order valence-corrected chi connectivity index (χ4v) is 2.68. The zero-order chi connectivity index (χ0) is 12.6. The number of cyclic esters (lactones) is 2. The molecular formula is C14H18O3. The summed E-state index contributed by atoms with van der Waals surface area (Å²) in [5.41, 5.74) is 2.44. The van der Waals surface area contributed by atoms with Crippen molar-refractivity contribution in [3.8, 4) is 0 Å². The highest BCUT2D eigenvalue weighted by Gasteiger charge is 2.49. The monoisotopic (exact) mass is 234 g/mol. The van der Waals surface area contributed by atoms with Crippen LogP contribution >= 0.6 is 0 Å². The molecule has 3 unspecified atom stereocenters. The van der Waals surface area contributed by atoms with Gasteiger partial charge in [0.15, 0.2) is 0 Å². The molecule has 2 aliphatic rings. The summed E-state index contributed by atoms with van der Waals surface area (Å²) in [6.45, 7) is 6.12. The minimum Gasteiger partial charge on any atom is -0.393 e. The van der Waals surface area contributed by atoms with E-state index in [0.29, 0.717) is 6.42 Å². The summed E-state index contributed by atoms with van der Waals surface area (Å²) in [6.07, 6.45) is 5.66. The highest BCUT2D eigenvalue weighted by Crippen LogP contribution is 2.42. The Morgan fingerprint density at radius 2 is 2.12 bits per heavy atom. The maximum atomic E-state index is 11.7. The Bertz CT molecular complexity index is 413. The van der Waals surface area contributed by atoms with Gasteiger partial charge in [0.25, 0.3) is 0 Å². The van der Waals surface area contributed by atoms with Crippen molar-refractivity contribution in [2.24, 2.45) is 17.8 Å². The molecule has 1 aliphatic carbocycles. The number of hydrogen-bond acceptors (Lipinski definition) is 3. The van der Waals surface area contributed by atoms with Gasteiger partial charge in [0, 0.05) is 0 Å². The molecule has 0 amide bonds. The molecule has 0 aromatic heterocycles. The summed E-state index contributed by atoms with van der Waals surface area (Å²) >= 11 is 0. The number of carbonyl (C=O) groups excluding carboxylic acids is 2. The lowest BCUT2D eigenvalue weighted by atomic mass is 9.72. The third-order valence-electron chi connectivity index (χ3n) is 3.70. The second-order valence-corrected chi connectivity index (χ2v) is 5.18. The Hall–Kier alpha value is -1.38. The van der Waals surface area contributed by atoms with Crippen molar-refractivity contribution in [3.05, 3.63) is 23.3 Å². The SMILES string of the molecule is CC(C)=CCC1C(C)=CCC2C(=O)OC(=O)C21. The van der Waals surface area contributed by atoms with Gasteiger partial charge < -0.3 is 4.74 Å². The second-order valence-electron chi connectivity index (χ2n) is 5.18. The van der Waals surface area contributed by atoms with Crippen molar-refractivity contribution in [2.75, 3.05) is 0 Å². The van der Waals surface area contributed by atoms with E-state index in [4.69, 9.17) is 4.74 Å². The highest BCUT2D eigenvalue weighted by atomic mass is 16.6. The van der Waals surface area contributed by atoms with Crippen LogP contribution in [0.5, 0.6) is 0 Å². The van der Waals surface area contributed by atoms with Crippen molar-refractivity contribution < 1.29 is 14.3 Å². The number of hydrogen-bond donors (Lipinski definition) is 0. The summed E-state index contributed by atoms with van der Waals surface area (Å²) in [5, 5.41) is 0. The molecule has 3 atom stereocenters. The molecular weight excluding hydrogens is 216 g/mol. The Morgan fingerprint density at radius 3 is 2.76 bits per heavy atom. The maximum Gasteiger partial charge on any atom is 0.318 e. The minimum absolute atomic E-state index is 0.127. The van der Waals surface area contributed by atoms with Crippen LogP contribution < -0.4 is 0 Å². The maximum absolute atomic E-state index is 11.7. The van der Waals surface area contributed by atoms with Gasteiger partial charge in [-0.2, -0.15) is 0 Å². The van der Waals surface area contributed by atoms with Gasteiger partial charge in [-0.1, -0.05) is 23.3 Å². The number of fused-ring (bicyclic) bond motifs is 1. The van der Waals surface area contributed by atoms with Gasteiger partial charge in [-0.15, -0.1) is 0 Å². The third-order valence-corrected chi connectivity index (χ3v) is 3.70. The van der Waals surface area contributed by atoms with E-state index < -0.39 is 0 Å². The van der Waals surface area contributed by atoms with E-state index in [1.807, 2.05) is 20.8 Å². The van der Waals surface area contributed by atoms with E-state index in [-0.39, 0.29) is 29.7 Å². The fourth-order valence-electron chi connectivity index (χ4n) is 2.68. The van der Waals surface area contributed by atoms with E-state index in [1.54, 1.807) is 0 Å². The molecule has 0 aromatic carbocycles. The molecule has 0 N–H and O–H groups in total. The first kappa shape index (κ1) is 12.1. The first-order chi connectivity index (χ1) is 8.00. The van der Waals surface area contributed by atoms with Gasteiger partial charge in [-0.25, -0.2) is 0 Å². The van der Waals surface area contributed by atoms with Crippen LogP contribution in [0.25, 0.3) is 0 Å². The lowest BCUT2D eigenvalue weighted by Crippen LogP contribution is -2.30. The Kier molecular flexibility index (Phi) is 3.18. The summed E-state index contributed by atoms with van der Waals surface area (Å²) in [7, 11) is 0. The first-order valence-corrected chi connectivity index (χ1v) is 6.06. The lowest BCUT2D eigenvalue weighted by Gasteiger charge is -2.28. The second kappa shape index (κ2) is 4.47. The summed E-state index contributed by atoms with van der Waals surface area (Å²) < 4.78 is 4.76. The van der Waals surface area contributed by atoms with Crippen LogP contribution in [0, 0.1) is 17.8 Å². The molecule has 0 saturated carbocycles. The summed E-state index contributed by atoms with van der Waals surface area (Å²) in [6, 6.07) is 0. The topological polar surface area (TPSA) is 43.4 Å². The van der Waals surface area contributed by atoms with E-state index >= 15 is 0 Å². The van der Waals surface area contributed by atoms with Crippen molar-refractivity contribution in [1.29, 1.82) is 0 Å². The van der Waals surface area contributed by atoms with E-state index in [1.165, 1.54) is 11.1 Å². The molecule has 0 spiro atoms. The standard InChI is InChI=1S/C14H18O3/c1-8(2)4-6-10-9(3)5-7-11-12(10)14(16)17-13(11)15/h4-5,10-12H,6-7H2,1-3H3. The van der Waals surface area contributed by atoms with Crippen molar-refractivity contribution in [3.63, 3.8) is 0 Å². The van der Waals surface area contributed by atoms with Crippen LogP contribution in [-0.2, 0) is 14.3 Å². The van der Waals surface area contributed by atoms with Gasteiger partial charge in [0.1, 0.15) is 0 Å². The zero-order valence-corrected chi connectivity index (χ0v) is 10.5. The van der Waals surface area contributed by atoms with Crippen molar-refractivity contribution >= 4 is 11.9 Å². The molecule has 0 aromatic rings. The van der Waals surface area contributed by atoms with Gasteiger partial charge in [0.2, 0.25) is 0 Å². The molecule has 0 radical (unpaired) electrons.